The smallest absolute Gasteiger partial charge is 0.416 e. The van der Waals surface area contributed by atoms with Gasteiger partial charge in [0.1, 0.15) is 5.75 Å². The summed E-state index contributed by atoms with van der Waals surface area (Å²) in [5.74, 6) is 0.307. The van der Waals surface area contributed by atoms with Crippen molar-refractivity contribution in [3.8, 4) is 5.75 Å². The Labute approximate surface area is 225 Å². The van der Waals surface area contributed by atoms with Crippen molar-refractivity contribution in [2.45, 2.75) is 25.6 Å². The van der Waals surface area contributed by atoms with Crippen molar-refractivity contribution in [1.82, 2.24) is 0 Å². The van der Waals surface area contributed by atoms with Gasteiger partial charge in [0.25, 0.3) is 0 Å². The van der Waals surface area contributed by atoms with Gasteiger partial charge in [0, 0.05) is 36.0 Å². The number of β-amino-alcohol motifs (C(OH)–C–C–N with tert-alkyl or cyclic N) is 1. The lowest BCUT2D eigenvalue weighted by Gasteiger charge is -2.24. The van der Waals surface area contributed by atoms with E-state index in [1.54, 1.807) is 30.4 Å². The number of anilines is 2. The number of aliphatic hydroxyl groups is 1. The lowest BCUT2D eigenvalue weighted by molar-refractivity contribution is -0.137. The molecular weight excluding hydrogens is 517 g/mol. The number of aliphatic hydroxyl groups excluding tert-OH is 1. The zero-order valence-corrected chi connectivity index (χ0v) is 21.4. The number of carbonyl (C=O) groups is 1. The molecule has 0 saturated heterocycles. The Bertz CT molecular complexity index is 1300. The van der Waals surface area contributed by atoms with Crippen LogP contribution in [-0.2, 0) is 17.4 Å². The first-order valence-electron chi connectivity index (χ1n) is 11.9. The molecule has 1 aliphatic heterocycles. The van der Waals surface area contributed by atoms with E-state index in [9.17, 15) is 23.1 Å². The topological polar surface area (TPSA) is 70.6 Å². The Morgan fingerprint density at radius 2 is 1.74 bits per heavy atom. The molecule has 3 aromatic rings. The Morgan fingerprint density at radius 1 is 1.08 bits per heavy atom. The van der Waals surface area contributed by atoms with Crippen molar-refractivity contribution in [1.29, 1.82) is 0 Å². The third-order valence-electron chi connectivity index (χ3n) is 5.91. The van der Waals surface area contributed by atoms with E-state index >= 15 is 0 Å². The molecular formula is C29H28ClF3N2O3. The van der Waals surface area contributed by atoms with Crippen molar-refractivity contribution >= 4 is 35.3 Å². The second kappa shape index (κ2) is 12.7. The zero-order valence-electron chi connectivity index (χ0n) is 20.6. The fourth-order valence-corrected chi connectivity index (χ4v) is 4.13. The Morgan fingerprint density at radius 3 is 2.37 bits per heavy atom. The highest BCUT2D eigenvalue weighted by Crippen LogP contribution is 2.32. The van der Waals surface area contributed by atoms with Gasteiger partial charge >= 0.3 is 6.18 Å². The Balaban J connectivity index is 0.00000400. The second-order valence-electron chi connectivity index (χ2n) is 8.53. The third-order valence-corrected chi connectivity index (χ3v) is 5.91. The monoisotopic (exact) mass is 544 g/mol. The predicted octanol–water partition coefficient (Wildman–Crippen LogP) is 6.48. The summed E-state index contributed by atoms with van der Waals surface area (Å²) in [7, 11) is 0. The Kier molecular flexibility index (Phi) is 9.61. The van der Waals surface area contributed by atoms with Gasteiger partial charge in [-0.05, 0) is 60.0 Å². The van der Waals surface area contributed by atoms with Gasteiger partial charge in [-0.3, -0.25) is 4.79 Å². The number of halogens is 4. The average Bonchev–Trinajstić information content (AvgIpc) is 2.87. The van der Waals surface area contributed by atoms with Crippen molar-refractivity contribution in [3.05, 3.63) is 107 Å². The highest BCUT2D eigenvalue weighted by atomic mass is 35.5. The molecule has 1 aliphatic rings. The fraction of sp³-hybridized carbons (Fsp3) is 0.207. The van der Waals surface area contributed by atoms with Crippen LogP contribution in [0.1, 0.15) is 29.2 Å². The maximum absolute atomic E-state index is 13.1. The minimum atomic E-state index is -4.43. The molecule has 38 heavy (non-hydrogen) atoms. The standard InChI is InChI=1S/C29H27F3N2O3.ClH/c1-2-37-23-15-11-20(12-16-23)24(19-9-13-21(14-10-19)29(30,31)32)5-3-8-28(36)34-27-7-4-6-26-25(27)17-22(35)18-33-26;/h3-16,22,33,35H,2,17-18H2,1H3,(H,34,36);1H/b8-3+,24-5+;. The molecule has 200 valence electrons. The quantitative estimate of drug-likeness (QED) is 0.235. The van der Waals surface area contributed by atoms with E-state index in [4.69, 9.17) is 4.74 Å². The molecule has 3 N–H and O–H groups in total. The van der Waals surface area contributed by atoms with Crippen LogP contribution in [0, 0.1) is 0 Å². The van der Waals surface area contributed by atoms with Crippen LogP contribution < -0.4 is 15.4 Å². The lowest BCUT2D eigenvalue weighted by Crippen LogP contribution is -2.28. The summed E-state index contributed by atoms with van der Waals surface area (Å²) >= 11 is 0. The largest absolute Gasteiger partial charge is 0.494 e. The molecule has 0 aliphatic carbocycles. The lowest BCUT2D eigenvalue weighted by atomic mass is 9.96. The van der Waals surface area contributed by atoms with Crippen molar-refractivity contribution in [3.63, 3.8) is 0 Å². The fourth-order valence-electron chi connectivity index (χ4n) is 4.13. The van der Waals surface area contributed by atoms with Gasteiger partial charge in [-0.2, -0.15) is 13.2 Å². The van der Waals surface area contributed by atoms with Gasteiger partial charge in [0.05, 0.1) is 18.3 Å². The van der Waals surface area contributed by atoms with E-state index in [0.717, 1.165) is 28.9 Å². The third kappa shape index (κ3) is 7.18. The first kappa shape index (κ1) is 28.8. The normalized spacial score (nSPS) is 15.3. The number of amides is 1. The van der Waals surface area contributed by atoms with Crippen LogP contribution in [0.25, 0.3) is 5.57 Å². The molecule has 1 atom stereocenters. The number of fused-ring (bicyclic) bond motifs is 1. The number of alkyl halides is 3. The van der Waals surface area contributed by atoms with Gasteiger partial charge in [0.2, 0.25) is 5.91 Å². The summed E-state index contributed by atoms with van der Waals surface area (Å²) in [5.41, 5.74) is 3.54. The Hall–Kier alpha value is -3.75. The van der Waals surface area contributed by atoms with Crippen LogP contribution in [0.2, 0.25) is 0 Å². The summed E-state index contributed by atoms with van der Waals surface area (Å²) < 4.78 is 44.7. The van der Waals surface area contributed by atoms with Crippen LogP contribution in [0.3, 0.4) is 0 Å². The molecule has 3 aromatic carbocycles. The summed E-state index contributed by atoms with van der Waals surface area (Å²) in [4.78, 5) is 12.7. The maximum Gasteiger partial charge on any atom is 0.416 e. The van der Waals surface area contributed by atoms with Crippen LogP contribution >= 0.6 is 12.4 Å². The summed E-state index contributed by atoms with van der Waals surface area (Å²) in [5, 5.41) is 16.0. The van der Waals surface area contributed by atoms with Gasteiger partial charge < -0.3 is 20.5 Å². The number of ether oxygens (including phenoxy) is 1. The minimum absolute atomic E-state index is 0. The number of rotatable bonds is 7. The van der Waals surface area contributed by atoms with E-state index in [2.05, 4.69) is 10.6 Å². The zero-order chi connectivity index (χ0) is 26.4. The molecule has 5 nitrogen and oxygen atoms in total. The molecule has 0 aromatic heterocycles. The number of nitrogens with one attached hydrogen (secondary N) is 2. The van der Waals surface area contributed by atoms with E-state index in [1.165, 1.54) is 18.2 Å². The first-order chi connectivity index (χ1) is 17.7. The molecule has 0 saturated carbocycles. The second-order valence-corrected chi connectivity index (χ2v) is 8.53. The number of hydrogen-bond donors (Lipinski definition) is 3. The summed E-state index contributed by atoms with van der Waals surface area (Å²) in [6, 6.07) is 17.6. The van der Waals surface area contributed by atoms with Gasteiger partial charge in [-0.15, -0.1) is 12.4 Å². The molecule has 4 rings (SSSR count). The van der Waals surface area contributed by atoms with Crippen molar-refractivity contribution < 1.29 is 27.8 Å². The average molecular weight is 545 g/mol. The number of carbonyl (C=O) groups excluding carboxylic acids is 1. The minimum Gasteiger partial charge on any atom is -0.494 e. The van der Waals surface area contributed by atoms with Gasteiger partial charge in [0.15, 0.2) is 0 Å². The number of benzene rings is 3. The molecule has 1 amide bonds. The SMILES string of the molecule is CCOc1ccc(/C(=C/C=C/C(=O)Nc2cccc3c2CC(O)CN3)c2ccc(C(F)(F)F)cc2)cc1.Cl. The van der Waals surface area contributed by atoms with Crippen LogP contribution in [0.4, 0.5) is 24.5 Å². The van der Waals surface area contributed by atoms with E-state index in [0.29, 0.717) is 42.1 Å². The van der Waals surface area contributed by atoms with Crippen molar-refractivity contribution in [2.75, 3.05) is 23.8 Å². The predicted molar refractivity (Wildman–Crippen MR) is 146 cm³/mol. The number of allylic oxidation sites excluding steroid dienone is 2. The summed E-state index contributed by atoms with van der Waals surface area (Å²) in [6.45, 7) is 2.84. The van der Waals surface area contributed by atoms with Gasteiger partial charge in [-0.1, -0.05) is 42.5 Å². The van der Waals surface area contributed by atoms with Gasteiger partial charge in [-0.25, -0.2) is 0 Å². The van der Waals surface area contributed by atoms with E-state index in [-0.39, 0.29) is 18.3 Å². The molecule has 0 bridgehead atoms. The molecule has 0 fully saturated rings. The highest BCUT2D eigenvalue weighted by Gasteiger charge is 2.30. The summed E-state index contributed by atoms with van der Waals surface area (Å²) in [6.07, 6.45) is 0.0553. The van der Waals surface area contributed by atoms with Crippen LogP contribution in [0.15, 0.2) is 85.0 Å². The van der Waals surface area contributed by atoms with Crippen LogP contribution in [0.5, 0.6) is 5.75 Å². The molecule has 0 spiro atoms. The molecule has 1 unspecified atom stereocenters. The molecule has 1 heterocycles. The number of hydrogen-bond acceptors (Lipinski definition) is 4. The van der Waals surface area contributed by atoms with Crippen molar-refractivity contribution in [2.24, 2.45) is 0 Å². The van der Waals surface area contributed by atoms with E-state index < -0.39 is 17.8 Å². The van der Waals surface area contributed by atoms with Crippen LogP contribution in [-0.4, -0.2) is 30.3 Å². The van der Waals surface area contributed by atoms with E-state index in [1.807, 2.05) is 31.2 Å². The maximum atomic E-state index is 13.1. The first-order valence-corrected chi connectivity index (χ1v) is 11.9. The molecule has 0 radical (unpaired) electrons. The molecule has 9 heteroatoms. The highest BCUT2D eigenvalue weighted by molar-refractivity contribution is 6.00.